The van der Waals surface area contributed by atoms with Crippen molar-refractivity contribution in [3.8, 4) is 5.75 Å². The molecular weight excluding hydrogens is 204 g/mol. The first kappa shape index (κ1) is 9.66. The summed E-state index contributed by atoms with van der Waals surface area (Å²) in [6.45, 7) is 0.560. The van der Waals surface area contributed by atoms with E-state index in [9.17, 15) is 4.79 Å². The molecule has 3 rings (SSSR count). The van der Waals surface area contributed by atoms with Crippen LogP contribution in [0.25, 0.3) is 0 Å². The number of methoxy groups -OCH3 is 1. The highest BCUT2D eigenvalue weighted by atomic mass is 16.5. The lowest BCUT2D eigenvalue weighted by atomic mass is 9.94. The Labute approximate surface area is 93.8 Å². The van der Waals surface area contributed by atoms with Crippen molar-refractivity contribution in [2.45, 2.75) is 11.8 Å². The molecule has 16 heavy (non-hydrogen) atoms. The number of para-hydroxylation sites is 1. The third-order valence-corrected chi connectivity index (χ3v) is 3.76. The number of hydrogen-bond donors (Lipinski definition) is 2. The first-order chi connectivity index (χ1) is 7.74. The summed E-state index contributed by atoms with van der Waals surface area (Å²) in [5, 5.41) is 2.91. The quantitative estimate of drug-likeness (QED) is 0.774. The fourth-order valence-corrected chi connectivity index (χ4v) is 2.77. The van der Waals surface area contributed by atoms with Crippen molar-refractivity contribution in [2.24, 2.45) is 11.7 Å². The molecule has 1 saturated carbocycles. The molecule has 1 heterocycles. The van der Waals surface area contributed by atoms with E-state index in [-0.39, 0.29) is 17.2 Å². The Morgan fingerprint density at radius 2 is 2.44 bits per heavy atom. The van der Waals surface area contributed by atoms with Crippen molar-refractivity contribution in [1.29, 1.82) is 0 Å². The summed E-state index contributed by atoms with van der Waals surface area (Å²) in [6.07, 6.45) is 0.857. The van der Waals surface area contributed by atoms with Crippen LogP contribution in [0.5, 0.6) is 5.75 Å². The third-order valence-electron chi connectivity index (χ3n) is 3.76. The van der Waals surface area contributed by atoms with Crippen molar-refractivity contribution < 1.29 is 9.53 Å². The molecule has 2 unspecified atom stereocenters. The monoisotopic (exact) mass is 218 g/mol. The molecule has 84 valence electrons. The largest absolute Gasteiger partial charge is 0.495 e. The minimum Gasteiger partial charge on any atom is -0.495 e. The van der Waals surface area contributed by atoms with E-state index in [0.717, 1.165) is 23.4 Å². The number of amides is 1. The van der Waals surface area contributed by atoms with E-state index < -0.39 is 0 Å². The van der Waals surface area contributed by atoms with Crippen molar-refractivity contribution in [3.05, 3.63) is 23.8 Å². The molecule has 0 saturated heterocycles. The van der Waals surface area contributed by atoms with E-state index in [1.165, 1.54) is 0 Å². The second kappa shape index (κ2) is 2.98. The van der Waals surface area contributed by atoms with E-state index in [2.05, 4.69) is 5.32 Å². The fourth-order valence-electron chi connectivity index (χ4n) is 2.77. The predicted octanol–water partition coefficient (Wildman–Crippen LogP) is 0.864. The number of benzene rings is 1. The van der Waals surface area contributed by atoms with Gasteiger partial charge in [0.05, 0.1) is 18.2 Å². The van der Waals surface area contributed by atoms with E-state index in [1.54, 1.807) is 7.11 Å². The minimum absolute atomic E-state index is 0.0717. The molecule has 2 atom stereocenters. The summed E-state index contributed by atoms with van der Waals surface area (Å²) < 4.78 is 5.25. The lowest BCUT2D eigenvalue weighted by Crippen LogP contribution is -2.23. The van der Waals surface area contributed by atoms with Gasteiger partial charge < -0.3 is 15.8 Å². The Kier molecular flexibility index (Phi) is 1.80. The molecular formula is C12H14N2O2. The first-order valence-electron chi connectivity index (χ1n) is 5.43. The molecule has 1 amide bonds. The Balaban J connectivity index is 2.13. The summed E-state index contributed by atoms with van der Waals surface area (Å²) in [5.41, 5.74) is 7.18. The SMILES string of the molecule is COc1cccc2c1NC(=O)C21CC1CN. The Hall–Kier alpha value is -1.55. The standard InChI is InChI=1S/C12H14N2O2/c1-16-9-4-2-3-8-10(9)14-11(15)12(8)5-7(12)6-13/h2-4,7H,5-6,13H2,1H3,(H,14,15). The van der Waals surface area contributed by atoms with E-state index in [0.29, 0.717) is 6.54 Å². The predicted molar refractivity (Wildman–Crippen MR) is 60.5 cm³/mol. The maximum atomic E-state index is 12.0. The second-order valence-electron chi connectivity index (χ2n) is 4.45. The van der Waals surface area contributed by atoms with Gasteiger partial charge in [0.1, 0.15) is 5.75 Å². The van der Waals surface area contributed by atoms with Crippen LogP contribution in [0.1, 0.15) is 12.0 Å². The third kappa shape index (κ3) is 0.950. The van der Waals surface area contributed by atoms with Gasteiger partial charge >= 0.3 is 0 Å². The lowest BCUT2D eigenvalue weighted by molar-refractivity contribution is -0.118. The average molecular weight is 218 g/mol. The molecule has 1 aliphatic carbocycles. The van der Waals surface area contributed by atoms with Gasteiger partial charge in [0, 0.05) is 0 Å². The van der Waals surface area contributed by atoms with Gasteiger partial charge in [-0.2, -0.15) is 0 Å². The number of carbonyl (C=O) groups excluding carboxylic acids is 1. The second-order valence-corrected chi connectivity index (χ2v) is 4.45. The summed E-state index contributed by atoms with van der Waals surface area (Å²) in [6, 6.07) is 5.77. The molecule has 1 aromatic carbocycles. The molecule has 0 aromatic heterocycles. The topological polar surface area (TPSA) is 64.3 Å². The van der Waals surface area contributed by atoms with E-state index in [1.807, 2.05) is 18.2 Å². The van der Waals surface area contributed by atoms with Crippen molar-refractivity contribution in [3.63, 3.8) is 0 Å². The molecule has 1 spiro atoms. The molecule has 2 aliphatic rings. The maximum absolute atomic E-state index is 12.0. The van der Waals surface area contributed by atoms with Gasteiger partial charge in [-0.3, -0.25) is 4.79 Å². The van der Waals surface area contributed by atoms with Crippen LogP contribution in [-0.4, -0.2) is 19.6 Å². The molecule has 4 nitrogen and oxygen atoms in total. The van der Waals surface area contributed by atoms with Gasteiger partial charge in [0.15, 0.2) is 0 Å². The molecule has 3 N–H and O–H groups in total. The molecule has 1 aliphatic heterocycles. The van der Waals surface area contributed by atoms with Crippen LogP contribution in [0.3, 0.4) is 0 Å². The van der Waals surface area contributed by atoms with Gasteiger partial charge in [-0.25, -0.2) is 0 Å². The molecule has 0 radical (unpaired) electrons. The zero-order valence-corrected chi connectivity index (χ0v) is 9.12. The van der Waals surface area contributed by atoms with Crippen molar-refractivity contribution in [1.82, 2.24) is 0 Å². The highest BCUT2D eigenvalue weighted by Crippen LogP contribution is 2.60. The zero-order chi connectivity index (χ0) is 11.3. The number of fused-ring (bicyclic) bond motifs is 2. The van der Waals surface area contributed by atoms with Gasteiger partial charge in [0.2, 0.25) is 5.91 Å². The Morgan fingerprint density at radius 1 is 1.62 bits per heavy atom. The van der Waals surface area contributed by atoms with E-state index in [4.69, 9.17) is 10.5 Å². The normalized spacial score (nSPS) is 30.1. The number of nitrogens with one attached hydrogen (secondary N) is 1. The van der Waals surface area contributed by atoms with Gasteiger partial charge in [-0.05, 0) is 30.5 Å². The molecule has 4 heteroatoms. The maximum Gasteiger partial charge on any atom is 0.235 e. The first-order valence-corrected chi connectivity index (χ1v) is 5.43. The van der Waals surface area contributed by atoms with Crippen LogP contribution < -0.4 is 15.8 Å². The van der Waals surface area contributed by atoms with Crippen LogP contribution in [0, 0.1) is 5.92 Å². The lowest BCUT2D eigenvalue weighted by Gasteiger charge is -2.08. The summed E-state index contributed by atoms with van der Waals surface area (Å²) in [4.78, 5) is 12.0. The molecule has 0 bridgehead atoms. The number of rotatable bonds is 2. The van der Waals surface area contributed by atoms with Crippen LogP contribution in [0.15, 0.2) is 18.2 Å². The smallest absolute Gasteiger partial charge is 0.235 e. The van der Waals surface area contributed by atoms with E-state index >= 15 is 0 Å². The number of ether oxygens (including phenoxy) is 1. The summed E-state index contributed by atoms with van der Waals surface area (Å²) in [7, 11) is 1.61. The zero-order valence-electron chi connectivity index (χ0n) is 9.12. The number of carbonyl (C=O) groups is 1. The fraction of sp³-hybridized carbons (Fsp3) is 0.417. The molecule has 1 aromatic rings. The number of hydrogen-bond acceptors (Lipinski definition) is 3. The number of anilines is 1. The number of nitrogens with two attached hydrogens (primary N) is 1. The van der Waals surface area contributed by atoms with Gasteiger partial charge in [-0.1, -0.05) is 12.1 Å². The molecule has 1 fully saturated rings. The van der Waals surface area contributed by atoms with Crippen LogP contribution in [-0.2, 0) is 10.2 Å². The van der Waals surface area contributed by atoms with Crippen LogP contribution >= 0.6 is 0 Å². The van der Waals surface area contributed by atoms with Crippen LogP contribution in [0.4, 0.5) is 5.69 Å². The van der Waals surface area contributed by atoms with Crippen LogP contribution in [0.2, 0.25) is 0 Å². The summed E-state index contributed by atoms with van der Waals surface area (Å²) >= 11 is 0. The van der Waals surface area contributed by atoms with Crippen molar-refractivity contribution >= 4 is 11.6 Å². The Bertz CT molecular complexity index is 472. The van der Waals surface area contributed by atoms with Crippen molar-refractivity contribution in [2.75, 3.05) is 19.0 Å². The Morgan fingerprint density at radius 3 is 3.06 bits per heavy atom. The highest BCUT2D eigenvalue weighted by molar-refractivity contribution is 6.10. The van der Waals surface area contributed by atoms with Gasteiger partial charge in [0.25, 0.3) is 0 Å². The minimum atomic E-state index is -0.362. The summed E-state index contributed by atoms with van der Waals surface area (Å²) in [5.74, 6) is 1.08. The van der Waals surface area contributed by atoms with Gasteiger partial charge in [-0.15, -0.1) is 0 Å². The average Bonchev–Trinajstić information content (AvgIpc) is 2.97. The highest BCUT2D eigenvalue weighted by Gasteiger charge is 2.64.